The Kier molecular flexibility index (Phi) is 4.90. The Morgan fingerprint density at radius 2 is 2.21 bits per heavy atom. The molecule has 0 saturated heterocycles. The van der Waals surface area contributed by atoms with E-state index in [0.717, 1.165) is 12.8 Å². The number of ether oxygens (including phenoxy) is 1. The molecule has 0 aromatic heterocycles. The fourth-order valence-corrected chi connectivity index (χ4v) is 1.88. The van der Waals surface area contributed by atoms with Crippen molar-refractivity contribution in [2.24, 2.45) is 11.7 Å². The van der Waals surface area contributed by atoms with Gasteiger partial charge in [0.15, 0.2) is 0 Å². The van der Waals surface area contributed by atoms with Crippen molar-refractivity contribution in [3.8, 4) is 0 Å². The number of hydrogen-bond acceptors (Lipinski definition) is 3. The van der Waals surface area contributed by atoms with Gasteiger partial charge in [-0.15, -0.1) is 0 Å². The van der Waals surface area contributed by atoms with E-state index in [0.29, 0.717) is 13.2 Å². The molecular weight excluding hydrogens is 180 g/mol. The number of hydrogen-bond donors (Lipinski definition) is 2. The van der Waals surface area contributed by atoms with Crippen LogP contribution < -0.4 is 11.1 Å². The van der Waals surface area contributed by atoms with Crippen LogP contribution >= 0.6 is 0 Å². The van der Waals surface area contributed by atoms with Crippen molar-refractivity contribution in [2.75, 3.05) is 20.3 Å². The molecule has 0 bridgehead atoms. The summed E-state index contributed by atoms with van der Waals surface area (Å²) in [6, 6.07) is -0.0342. The summed E-state index contributed by atoms with van der Waals surface area (Å²) in [5.74, 6) is 0.357. The molecule has 1 atom stereocenters. The monoisotopic (exact) mass is 200 g/mol. The quantitative estimate of drug-likeness (QED) is 0.669. The zero-order chi connectivity index (χ0) is 10.4. The summed E-state index contributed by atoms with van der Waals surface area (Å²) in [6.07, 6.45) is 4.40. The molecule has 14 heavy (non-hydrogen) atoms. The summed E-state index contributed by atoms with van der Waals surface area (Å²) in [5.41, 5.74) is 5.51. The van der Waals surface area contributed by atoms with Crippen molar-refractivity contribution in [2.45, 2.75) is 31.7 Å². The lowest BCUT2D eigenvalue weighted by molar-refractivity contribution is -0.125. The van der Waals surface area contributed by atoms with E-state index in [-0.39, 0.29) is 17.9 Å². The SMILES string of the molecule is COCC(CN)NC(=O)C1CCCC1. The first-order chi connectivity index (χ1) is 6.77. The largest absolute Gasteiger partial charge is 0.383 e. The van der Waals surface area contributed by atoms with Crippen LogP contribution in [0.15, 0.2) is 0 Å². The molecule has 0 spiro atoms. The third kappa shape index (κ3) is 3.27. The predicted octanol–water partition coefficient (Wildman–Crippen LogP) is 0.267. The van der Waals surface area contributed by atoms with E-state index in [1.54, 1.807) is 7.11 Å². The van der Waals surface area contributed by atoms with Gasteiger partial charge < -0.3 is 15.8 Å². The molecule has 0 aromatic rings. The first kappa shape index (κ1) is 11.5. The highest BCUT2D eigenvalue weighted by Crippen LogP contribution is 2.24. The number of rotatable bonds is 5. The zero-order valence-electron chi connectivity index (χ0n) is 8.79. The van der Waals surface area contributed by atoms with E-state index < -0.39 is 0 Å². The lowest BCUT2D eigenvalue weighted by Gasteiger charge is -2.18. The molecule has 0 aliphatic heterocycles. The van der Waals surface area contributed by atoms with Gasteiger partial charge in [0.2, 0.25) is 5.91 Å². The third-order valence-electron chi connectivity index (χ3n) is 2.72. The Bertz CT molecular complexity index is 179. The molecule has 3 N–H and O–H groups in total. The molecular formula is C10H20N2O2. The second kappa shape index (κ2) is 5.98. The van der Waals surface area contributed by atoms with Gasteiger partial charge in [-0.05, 0) is 12.8 Å². The van der Waals surface area contributed by atoms with E-state index in [2.05, 4.69) is 5.32 Å². The molecule has 1 amide bonds. The minimum Gasteiger partial charge on any atom is -0.383 e. The van der Waals surface area contributed by atoms with Crippen molar-refractivity contribution in [3.63, 3.8) is 0 Å². The lowest BCUT2D eigenvalue weighted by atomic mass is 10.1. The normalized spacial score (nSPS) is 19.6. The molecule has 1 saturated carbocycles. The zero-order valence-corrected chi connectivity index (χ0v) is 8.79. The molecule has 1 aliphatic rings. The third-order valence-corrected chi connectivity index (χ3v) is 2.72. The van der Waals surface area contributed by atoms with Gasteiger partial charge in [-0.2, -0.15) is 0 Å². The van der Waals surface area contributed by atoms with Crippen LogP contribution in [0.25, 0.3) is 0 Å². The summed E-state index contributed by atoms with van der Waals surface area (Å²) >= 11 is 0. The molecule has 4 heteroatoms. The van der Waals surface area contributed by atoms with Crippen molar-refractivity contribution >= 4 is 5.91 Å². The summed E-state index contributed by atoms with van der Waals surface area (Å²) in [6.45, 7) is 0.932. The summed E-state index contributed by atoms with van der Waals surface area (Å²) < 4.78 is 4.96. The van der Waals surface area contributed by atoms with Gasteiger partial charge in [-0.25, -0.2) is 0 Å². The highest BCUT2D eigenvalue weighted by atomic mass is 16.5. The first-order valence-corrected chi connectivity index (χ1v) is 5.27. The number of nitrogens with one attached hydrogen (secondary N) is 1. The second-order valence-corrected chi connectivity index (χ2v) is 3.88. The fourth-order valence-electron chi connectivity index (χ4n) is 1.88. The average Bonchev–Trinajstić information content (AvgIpc) is 2.69. The van der Waals surface area contributed by atoms with Gasteiger partial charge in [0.05, 0.1) is 12.6 Å². The minimum atomic E-state index is -0.0342. The van der Waals surface area contributed by atoms with Crippen molar-refractivity contribution in [1.29, 1.82) is 0 Å². The van der Waals surface area contributed by atoms with Crippen LogP contribution in [-0.4, -0.2) is 32.2 Å². The van der Waals surface area contributed by atoms with E-state index in [1.807, 2.05) is 0 Å². The fraction of sp³-hybridized carbons (Fsp3) is 0.900. The van der Waals surface area contributed by atoms with Gasteiger partial charge in [0.1, 0.15) is 0 Å². The Balaban J connectivity index is 2.29. The van der Waals surface area contributed by atoms with Gasteiger partial charge in [-0.3, -0.25) is 4.79 Å². The van der Waals surface area contributed by atoms with Gasteiger partial charge >= 0.3 is 0 Å². The van der Waals surface area contributed by atoms with Crippen LogP contribution in [0.2, 0.25) is 0 Å². The van der Waals surface area contributed by atoms with Crippen LogP contribution in [0, 0.1) is 5.92 Å². The molecule has 0 aromatic carbocycles. The number of methoxy groups -OCH3 is 1. The molecule has 4 nitrogen and oxygen atoms in total. The smallest absolute Gasteiger partial charge is 0.223 e. The van der Waals surface area contributed by atoms with E-state index in [1.165, 1.54) is 12.8 Å². The topological polar surface area (TPSA) is 64.3 Å². The Morgan fingerprint density at radius 1 is 1.57 bits per heavy atom. The maximum Gasteiger partial charge on any atom is 0.223 e. The van der Waals surface area contributed by atoms with Crippen molar-refractivity contribution in [3.05, 3.63) is 0 Å². The molecule has 82 valence electrons. The summed E-state index contributed by atoms with van der Waals surface area (Å²) in [7, 11) is 1.62. The van der Waals surface area contributed by atoms with Gasteiger partial charge in [-0.1, -0.05) is 12.8 Å². The number of amides is 1. The molecule has 0 heterocycles. The molecule has 1 fully saturated rings. The minimum absolute atomic E-state index is 0.0342. The van der Waals surface area contributed by atoms with E-state index in [4.69, 9.17) is 10.5 Å². The predicted molar refractivity (Wildman–Crippen MR) is 54.8 cm³/mol. The van der Waals surface area contributed by atoms with Crippen LogP contribution in [0.1, 0.15) is 25.7 Å². The van der Waals surface area contributed by atoms with Crippen LogP contribution in [0.3, 0.4) is 0 Å². The Labute approximate surface area is 85.2 Å². The second-order valence-electron chi connectivity index (χ2n) is 3.88. The number of carbonyl (C=O) groups is 1. The highest BCUT2D eigenvalue weighted by Gasteiger charge is 2.24. The van der Waals surface area contributed by atoms with E-state index >= 15 is 0 Å². The van der Waals surface area contributed by atoms with Crippen molar-refractivity contribution < 1.29 is 9.53 Å². The van der Waals surface area contributed by atoms with Crippen LogP contribution in [0.4, 0.5) is 0 Å². The average molecular weight is 200 g/mol. The first-order valence-electron chi connectivity index (χ1n) is 5.27. The highest BCUT2D eigenvalue weighted by molar-refractivity contribution is 5.79. The van der Waals surface area contributed by atoms with Crippen LogP contribution in [0.5, 0.6) is 0 Å². The number of nitrogens with two attached hydrogens (primary N) is 1. The Morgan fingerprint density at radius 3 is 2.71 bits per heavy atom. The summed E-state index contributed by atoms with van der Waals surface area (Å²) in [5, 5.41) is 2.92. The number of carbonyl (C=O) groups excluding carboxylic acids is 1. The molecule has 0 radical (unpaired) electrons. The molecule has 1 aliphatic carbocycles. The van der Waals surface area contributed by atoms with Crippen LogP contribution in [-0.2, 0) is 9.53 Å². The molecule has 1 rings (SSSR count). The van der Waals surface area contributed by atoms with Gasteiger partial charge in [0, 0.05) is 19.6 Å². The maximum atomic E-state index is 11.7. The van der Waals surface area contributed by atoms with Gasteiger partial charge in [0.25, 0.3) is 0 Å². The molecule has 1 unspecified atom stereocenters. The maximum absolute atomic E-state index is 11.7. The van der Waals surface area contributed by atoms with Crippen molar-refractivity contribution in [1.82, 2.24) is 5.32 Å². The Hall–Kier alpha value is -0.610. The van der Waals surface area contributed by atoms with E-state index in [9.17, 15) is 4.79 Å². The summed E-state index contributed by atoms with van der Waals surface area (Å²) in [4.78, 5) is 11.7. The standard InChI is InChI=1S/C10H20N2O2/c1-14-7-9(6-11)12-10(13)8-4-2-3-5-8/h8-9H,2-7,11H2,1H3,(H,12,13). The lowest BCUT2D eigenvalue weighted by Crippen LogP contribution is -2.45.